The maximum Gasteiger partial charge on any atom is 0.0201 e. The van der Waals surface area contributed by atoms with Gasteiger partial charge in [-0.2, -0.15) is 0 Å². The van der Waals surface area contributed by atoms with Crippen molar-refractivity contribution in [1.29, 1.82) is 0 Å². The topological polar surface area (TPSA) is 3.24 Å². The average Bonchev–Trinajstić information content (AvgIpc) is 2.09. The summed E-state index contributed by atoms with van der Waals surface area (Å²) in [5.74, 6) is 0. The third kappa shape index (κ3) is 4.21. The number of likely N-dealkylation sites (tertiary alicyclic amines) is 1. The molecule has 1 heterocycles. The van der Waals surface area contributed by atoms with Crippen LogP contribution in [0.3, 0.4) is 0 Å². The lowest BCUT2D eigenvalue weighted by atomic mass is 9.69. The molecule has 1 aliphatic heterocycles. The molecule has 1 saturated heterocycles. The fourth-order valence-corrected chi connectivity index (χ4v) is 3.74. The predicted octanol–water partition coefficient (Wildman–Crippen LogP) is 5.35. The van der Waals surface area contributed by atoms with E-state index in [1.165, 1.54) is 32.4 Å². The van der Waals surface area contributed by atoms with Gasteiger partial charge in [0.1, 0.15) is 0 Å². The van der Waals surface area contributed by atoms with E-state index in [1.54, 1.807) is 0 Å². The largest absolute Gasteiger partial charge is 0.297 e. The van der Waals surface area contributed by atoms with Crippen LogP contribution >= 0.6 is 0 Å². The number of rotatable bonds is 1. The Morgan fingerprint density at radius 2 is 1.37 bits per heavy atom. The lowest BCUT2D eigenvalue weighted by Gasteiger charge is -2.52. The molecule has 1 heteroatoms. The third-order valence-corrected chi connectivity index (χ3v) is 5.48. The Labute approximate surface area is 122 Å². The SMILES string of the molecule is CC1(C)CCCN(C(C)(C)C(C)(C)C)CC(C)(C)C1. The van der Waals surface area contributed by atoms with Crippen molar-refractivity contribution >= 4 is 0 Å². The molecule has 0 aliphatic carbocycles. The molecular formula is C18H37N. The van der Waals surface area contributed by atoms with Crippen molar-refractivity contribution in [1.82, 2.24) is 4.90 Å². The van der Waals surface area contributed by atoms with Gasteiger partial charge in [0.05, 0.1) is 0 Å². The van der Waals surface area contributed by atoms with Gasteiger partial charge in [0, 0.05) is 12.1 Å². The molecule has 1 rings (SSSR count). The van der Waals surface area contributed by atoms with Crippen molar-refractivity contribution in [3.05, 3.63) is 0 Å². The fourth-order valence-electron chi connectivity index (χ4n) is 3.74. The van der Waals surface area contributed by atoms with Crippen LogP contribution in [0, 0.1) is 16.2 Å². The quantitative estimate of drug-likeness (QED) is 0.619. The van der Waals surface area contributed by atoms with Crippen LogP contribution in [0.15, 0.2) is 0 Å². The van der Waals surface area contributed by atoms with Gasteiger partial charge in [-0.3, -0.25) is 4.90 Å². The van der Waals surface area contributed by atoms with E-state index in [2.05, 4.69) is 67.2 Å². The van der Waals surface area contributed by atoms with Gasteiger partial charge >= 0.3 is 0 Å². The van der Waals surface area contributed by atoms with Gasteiger partial charge in [-0.25, -0.2) is 0 Å². The third-order valence-electron chi connectivity index (χ3n) is 5.48. The molecule has 0 spiro atoms. The maximum atomic E-state index is 2.75. The first-order chi connectivity index (χ1) is 8.27. The Hall–Kier alpha value is -0.0400. The first-order valence-corrected chi connectivity index (χ1v) is 8.02. The molecule has 0 unspecified atom stereocenters. The Morgan fingerprint density at radius 1 is 0.842 bits per heavy atom. The van der Waals surface area contributed by atoms with Crippen LogP contribution in [0.5, 0.6) is 0 Å². The van der Waals surface area contributed by atoms with Crippen molar-refractivity contribution in [2.75, 3.05) is 13.1 Å². The minimum atomic E-state index is 0.256. The van der Waals surface area contributed by atoms with Gasteiger partial charge in [-0.05, 0) is 55.9 Å². The predicted molar refractivity (Wildman–Crippen MR) is 86.5 cm³/mol. The van der Waals surface area contributed by atoms with Crippen LogP contribution in [-0.4, -0.2) is 23.5 Å². The van der Waals surface area contributed by atoms with Crippen molar-refractivity contribution in [2.45, 2.75) is 87.1 Å². The second-order valence-corrected chi connectivity index (χ2v) is 9.84. The highest BCUT2D eigenvalue weighted by Crippen LogP contribution is 2.43. The molecule has 0 atom stereocenters. The molecule has 0 N–H and O–H groups in total. The summed E-state index contributed by atoms with van der Waals surface area (Å²) in [5, 5.41) is 0. The first kappa shape index (κ1) is 17.0. The number of nitrogens with zero attached hydrogens (tertiary/aromatic N) is 1. The van der Waals surface area contributed by atoms with E-state index in [0.717, 1.165) is 0 Å². The van der Waals surface area contributed by atoms with E-state index < -0.39 is 0 Å². The Balaban J connectivity index is 2.94. The summed E-state index contributed by atoms with van der Waals surface area (Å²) in [7, 11) is 0. The van der Waals surface area contributed by atoms with Gasteiger partial charge in [0.25, 0.3) is 0 Å². The molecule has 0 saturated carbocycles. The lowest BCUT2D eigenvalue weighted by molar-refractivity contribution is -0.0262. The van der Waals surface area contributed by atoms with Gasteiger partial charge in [0.2, 0.25) is 0 Å². The van der Waals surface area contributed by atoms with Crippen LogP contribution in [0.1, 0.15) is 81.6 Å². The van der Waals surface area contributed by atoms with Gasteiger partial charge in [-0.15, -0.1) is 0 Å². The highest BCUT2D eigenvalue weighted by Gasteiger charge is 2.42. The molecule has 0 amide bonds. The Kier molecular flexibility index (Phi) is 4.53. The summed E-state index contributed by atoms with van der Waals surface area (Å²) in [6, 6.07) is 0. The minimum absolute atomic E-state index is 0.256. The van der Waals surface area contributed by atoms with Gasteiger partial charge in [0.15, 0.2) is 0 Å². The zero-order chi connectivity index (χ0) is 15.1. The van der Waals surface area contributed by atoms with Crippen molar-refractivity contribution in [2.24, 2.45) is 16.2 Å². The molecule has 1 nitrogen and oxygen atoms in total. The first-order valence-electron chi connectivity index (χ1n) is 8.02. The summed E-state index contributed by atoms with van der Waals surface area (Å²) >= 11 is 0. The molecule has 0 aromatic carbocycles. The maximum absolute atomic E-state index is 2.75. The van der Waals surface area contributed by atoms with E-state index in [-0.39, 0.29) is 5.54 Å². The molecule has 0 radical (unpaired) electrons. The summed E-state index contributed by atoms with van der Waals surface area (Å²) in [6.07, 6.45) is 4.02. The molecule has 0 aromatic heterocycles. The van der Waals surface area contributed by atoms with E-state index in [4.69, 9.17) is 0 Å². The molecule has 1 aliphatic rings. The minimum Gasteiger partial charge on any atom is -0.297 e. The van der Waals surface area contributed by atoms with Crippen molar-refractivity contribution in [3.63, 3.8) is 0 Å². The Morgan fingerprint density at radius 3 is 1.84 bits per heavy atom. The van der Waals surface area contributed by atoms with Crippen LogP contribution in [0.25, 0.3) is 0 Å². The van der Waals surface area contributed by atoms with Gasteiger partial charge in [-0.1, -0.05) is 48.5 Å². The fraction of sp³-hybridized carbons (Fsp3) is 1.00. The van der Waals surface area contributed by atoms with Crippen molar-refractivity contribution < 1.29 is 0 Å². The number of hydrogen-bond acceptors (Lipinski definition) is 1. The highest BCUT2D eigenvalue weighted by atomic mass is 15.2. The molecule has 0 aromatic rings. The van der Waals surface area contributed by atoms with Crippen LogP contribution < -0.4 is 0 Å². The summed E-state index contributed by atoms with van der Waals surface area (Å²) in [6.45, 7) is 24.2. The standard InChI is InChI=1S/C18H37N/c1-15(2,3)18(8,9)19-12-10-11-16(4,5)13-17(6,7)14-19/h10-14H2,1-9H3. The molecule has 0 bridgehead atoms. The van der Waals surface area contributed by atoms with Crippen LogP contribution in [-0.2, 0) is 0 Å². The van der Waals surface area contributed by atoms with Crippen LogP contribution in [0.2, 0.25) is 0 Å². The molecule has 19 heavy (non-hydrogen) atoms. The second kappa shape index (κ2) is 5.06. The van der Waals surface area contributed by atoms with E-state index in [9.17, 15) is 0 Å². The monoisotopic (exact) mass is 267 g/mol. The zero-order valence-electron chi connectivity index (χ0n) is 15.0. The number of hydrogen-bond donors (Lipinski definition) is 0. The molecule has 1 fully saturated rings. The van der Waals surface area contributed by atoms with Crippen LogP contribution in [0.4, 0.5) is 0 Å². The second-order valence-electron chi connectivity index (χ2n) is 9.84. The summed E-state index contributed by atoms with van der Waals surface area (Å²) in [5.41, 5.74) is 1.48. The summed E-state index contributed by atoms with van der Waals surface area (Å²) in [4.78, 5) is 2.75. The van der Waals surface area contributed by atoms with E-state index in [1.807, 2.05) is 0 Å². The van der Waals surface area contributed by atoms with E-state index in [0.29, 0.717) is 16.2 Å². The Bertz CT molecular complexity index is 304. The summed E-state index contributed by atoms with van der Waals surface area (Å²) < 4.78 is 0. The van der Waals surface area contributed by atoms with Crippen molar-refractivity contribution in [3.8, 4) is 0 Å². The average molecular weight is 268 g/mol. The molecule has 114 valence electrons. The zero-order valence-corrected chi connectivity index (χ0v) is 15.0. The van der Waals surface area contributed by atoms with E-state index >= 15 is 0 Å². The molecular weight excluding hydrogens is 230 g/mol. The van der Waals surface area contributed by atoms with Gasteiger partial charge < -0.3 is 0 Å². The smallest absolute Gasteiger partial charge is 0.0201 e. The lowest BCUT2D eigenvalue weighted by Crippen LogP contribution is -2.56. The highest BCUT2D eigenvalue weighted by molar-refractivity contribution is 4.96. The normalized spacial score (nSPS) is 25.7.